The Morgan fingerprint density at radius 1 is 1.12 bits per heavy atom. The molecule has 168 valence electrons. The maximum absolute atomic E-state index is 12.4. The average Bonchev–Trinajstić information content (AvgIpc) is 3.28. The summed E-state index contributed by atoms with van der Waals surface area (Å²) in [5.41, 5.74) is 0.954. The van der Waals surface area contributed by atoms with Crippen molar-refractivity contribution in [2.45, 2.75) is 13.5 Å². The van der Waals surface area contributed by atoms with Crippen LogP contribution < -0.4 is 15.6 Å². The summed E-state index contributed by atoms with van der Waals surface area (Å²) in [4.78, 5) is 37.2. The van der Waals surface area contributed by atoms with Crippen LogP contribution in [0.4, 0.5) is 5.82 Å². The molecule has 4 aromatic rings. The van der Waals surface area contributed by atoms with Crippen LogP contribution in [0.5, 0.6) is 11.5 Å². The van der Waals surface area contributed by atoms with Crippen LogP contribution in [0.1, 0.15) is 16.2 Å². The molecule has 0 aromatic carbocycles. The van der Waals surface area contributed by atoms with Gasteiger partial charge in [-0.15, -0.1) is 0 Å². The molecule has 2 N–H and O–H groups in total. The highest BCUT2D eigenvalue weighted by atomic mass is 16.5. The largest absolute Gasteiger partial charge is 0.456 e. The smallest absolute Gasteiger partial charge is 0.266 e. The Morgan fingerprint density at radius 2 is 1.97 bits per heavy atom. The molecule has 4 rings (SSSR count). The van der Waals surface area contributed by atoms with E-state index in [2.05, 4.69) is 25.4 Å². The van der Waals surface area contributed by atoms with E-state index < -0.39 is 11.5 Å². The Labute approximate surface area is 188 Å². The summed E-state index contributed by atoms with van der Waals surface area (Å²) in [6.07, 6.45) is 7.78. The van der Waals surface area contributed by atoms with Gasteiger partial charge in [0.1, 0.15) is 28.7 Å². The van der Waals surface area contributed by atoms with E-state index in [0.29, 0.717) is 29.6 Å². The minimum Gasteiger partial charge on any atom is -0.456 e. The van der Waals surface area contributed by atoms with E-state index in [9.17, 15) is 9.59 Å². The second-order valence-electron chi connectivity index (χ2n) is 7.11. The molecular formula is C22H21N7O4. The van der Waals surface area contributed by atoms with Gasteiger partial charge in [-0.1, -0.05) is 0 Å². The Kier molecular flexibility index (Phi) is 6.22. The van der Waals surface area contributed by atoms with Crippen molar-refractivity contribution in [3.8, 4) is 22.8 Å². The summed E-state index contributed by atoms with van der Waals surface area (Å²) < 4.78 is 8.78. The molecule has 0 saturated heterocycles. The third-order valence-corrected chi connectivity index (χ3v) is 4.85. The number of hydrogen-bond donors (Lipinski definition) is 2. The molecule has 1 amide bonds. The molecule has 0 radical (unpaired) electrons. The van der Waals surface area contributed by atoms with Gasteiger partial charge in [-0.25, -0.2) is 9.97 Å². The second kappa shape index (κ2) is 9.40. The highest BCUT2D eigenvalue weighted by Crippen LogP contribution is 2.25. The van der Waals surface area contributed by atoms with Crippen molar-refractivity contribution < 1.29 is 14.6 Å². The molecular weight excluding hydrogens is 426 g/mol. The van der Waals surface area contributed by atoms with Gasteiger partial charge in [0.05, 0.1) is 31.2 Å². The summed E-state index contributed by atoms with van der Waals surface area (Å²) in [6, 6.07) is 6.68. The fourth-order valence-corrected chi connectivity index (χ4v) is 2.97. The van der Waals surface area contributed by atoms with Crippen molar-refractivity contribution in [2.75, 3.05) is 11.9 Å². The predicted molar refractivity (Wildman–Crippen MR) is 119 cm³/mol. The van der Waals surface area contributed by atoms with Gasteiger partial charge in [0.2, 0.25) is 0 Å². The first-order chi connectivity index (χ1) is 15.9. The fourth-order valence-electron chi connectivity index (χ4n) is 2.97. The second-order valence-corrected chi connectivity index (χ2v) is 7.11. The Morgan fingerprint density at radius 3 is 2.73 bits per heavy atom. The number of aliphatic hydroxyl groups excluding tert-OH is 1. The number of aliphatic hydroxyl groups is 1. The monoisotopic (exact) mass is 447 g/mol. The van der Waals surface area contributed by atoms with Crippen LogP contribution in [0.25, 0.3) is 11.3 Å². The van der Waals surface area contributed by atoms with Crippen molar-refractivity contribution in [3.63, 3.8) is 0 Å². The first-order valence-electron chi connectivity index (χ1n) is 10.0. The molecule has 0 aliphatic carbocycles. The topological polar surface area (TPSA) is 137 Å². The average molecular weight is 447 g/mol. The van der Waals surface area contributed by atoms with E-state index in [1.165, 1.54) is 17.0 Å². The van der Waals surface area contributed by atoms with Gasteiger partial charge >= 0.3 is 0 Å². The molecule has 0 aliphatic heterocycles. The molecule has 4 aromatic heterocycles. The van der Waals surface area contributed by atoms with E-state index in [0.717, 1.165) is 5.56 Å². The van der Waals surface area contributed by atoms with Crippen LogP contribution in [0.15, 0.2) is 60.0 Å². The number of rotatable bonds is 7. The number of nitrogens with one attached hydrogen (secondary N) is 1. The number of aryl methyl sites for hydroxylation is 1. The van der Waals surface area contributed by atoms with Gasteiger partial charge in [0, 0.05) is 37.3 Å². The molecule has 0 aliphatic rings. The van der Waals surface area contributed by atoms with Crippen LogP contribution in [0.3, 0.4) is 0 Å². The van der Waals surface area contributed by atoms with Gasteiger partial charge < -0.3 is 15.2 Å². The van der Waals surface area contributed by atoms with Crippen molar-refractivity contribution in [2.24, 2.45) is 7.05 Å². The van der Waals surface area contributed by atoms with Crippen molar-refractivity contribution >= 4 is 11.7 Å². The summed E-state index contributed by atoms with van der Waals surface area (Å²) in [5.74, 6) is 1.18. The van der Waals surface area contributed by atoms with Crippen LogP contribution in [-0.2, 0) is 13.6 Å². The summed E-state index contributed by atoms with van der Waals surface area (Å²) in [6.45, 7) is 2.08. The molecule has 0 saturated carbocycles. The maximum Gasteiger partial charge on any atom is 0.266 e. The highest BCUT2D eigenvalue weighted by molar-refractivity contribution is 6.03. The number of hydrogen-bond acceptors (Lipinski definition) is 8. The van der Waals surface area contributed by atoms with Crippen molar-refractivity contribution in [3.05, 3.63) is 77.0 Å². The molecule has 0 atom stereocenters. The zero-order chi connectivity index (χ0) is 23.4. The van der Waals surface area contributed by atoms with E-state index in [1.54, 1.807) is 61.5 Å². The number of ether oxygens (including phenoxy) is 1. The lowest BCUT2D eigenvalue weighted by Gasteiger charge is -2.09. The van der Waals surface area contributed by atoms with E-state index >= 15 is 0 Å². The van der Waals surface area contributed by atoms with Gasteiger partial charge in [-0.2, -0.15) is 5.10 Å². The lowest BCUT2D eigenvalue weighted by molar-refractivity contribution is 0.102. The van der Waals surface area contributed by atoms with Gasteiger partial charge in [0.25, 0.3) is 11.5 Å². The lowest BCUT2D eigenvalue weighted by Crippen LogP contribution is -2.29. The molecule has 11 nitrogen and oxygen atoms in total. The minimum atomic E-state index is -0.593. The van der Waals surface area contributed by atoms with Crippen LogP contribution in [-0.4, -0.2) is 46.9 Å². The zero-order valence-corrected chi connectivity index (χ0v) is 18.0. The molecule has 33 heavy (non-hydrogen) atoms. The summed E-state index contributed by atoms with van der Waals surface area (Å²) in [7, 11) is 1.55. The third-order valence-electron chi connectivity index (χ3n) is 4.85. The Bertz CT molecular complexity index is 1350. The molecule has 4 heterocycles. The number of pyridine rings is 2. The number of carbonyl (C=O) groups excluding carboxylic acids is 1. The number of nitrogens with zero attached hydrogens (tertiary/aromatic N) is 6. The van der Waals surface area contributed by atoms with E-state index in [4.69, 9.17) is 9.84 Å². The lowest BCUT2D eigenvalue weighted by atomic mass is 10.2. The van der Waals surface area contributed by atoms with Crippen LogP contribution in [0, 0.1) is 6.92 Å². The van der Waals surface area contributed by atoms with Crippen LogP contribution >= 0.6 is 0 Å². The molecule has 11 heteroatoms. The van der Waals surface area contributed by atoms with Gasteiger partial charge in [0.15, 0.2) is 0 Å². The Balaban J connectivity index is 1.44. The fraction of sp³-hybridized carbons (Fsp3) is 0.182. The Hall–Kier alpha value is -4.38. The van der Waals surface area contributed by atoms with Gasteiger partial charge in [-0.3, -0.25) is 23.8 Å². The standard InChI is InChI=1S/C22H21N7O4/c1-14-24-12-18(22(32)28(14)2)21(31)27-20-4-3-17(11-25-20)33-16-5-6-23-19(9-16)15-10-26-29(13-15)7-8-30/h3-6,9-13,30H,7-8H2,1-2H3,(H,25,27,31). The molecule has 0 bridgehead atoms. The minimum absolute atomic E-state index is 0.000285. The SMILES string of the molecule is Cc1ncc(C(=O)Nc2ccc(Oc3ccnc(-c4cnn(CCO)c4)c3)cn2)c(=O)n1C. The number of amides is 1. The number of anilines is 1. The van der Waals surface area contributed by atoms with Crippen molar-refractivity contribution in [1.82, 2.24) is 29.3 Å². The summed E-state index contributed by atoms with van der Waals surface area (Å²) >= 11 is 0. The molecule has 0 spiro atoms. The molecule has 0 unspecified atom stereocenters. The number of aromatic nitrogens is 6. The maximum atomic E-state index is 12.4. The number of carbonyl (C=O) groups is 1. The summed E-state index contributed by atoms with van der Waals surface area (Å²) in [5, 5.41) is 15.8. The predicted octanol–water partition coefficient (Wildman–Crippen LogP) is 1.78. The van der Waals surface area contributed by atoms with Crippen molar-refractivity contribution in [1.29, 1.82) is 0 Å². The first-order valence-corrected chi connectivity index (χ1v) is 10.0. The normalized spacial score (nSPS) is 10.8. The quantitative estimate of drug-likeness (QED) is 0.437. The van der Waals surface area contributed by atoms with Gasteiger partial charge in [-0.05, 0) is 25.1 Å². The zero-order valence-electron chi connectivity index (χ0n) is 18.0. The van der Waals surface area contributed by atoms with Crippen LogP contribution in [0.2, 0.25) is 0 Å². The first kappa shape index (κ1) is 21.8. The highest BCUT2D eigenvalue weighted by Gasteiger charge is 2.14. The third kappa shape index (κ3) is 4.93. The molecule has 0 fully saturated rings. The van der Waals surface area contributed by atoms with E-state index in [-0.39, 0.29) is 18.0 Å². The van der Waals surface area contributed by atoms with E-state index in [1.807, 2.05) is 0 Å².